The molecule has 0 aliphatic carbocycles. The van der Waals surface area contributed by atoms with E-state index in [2.05, 4.69) is 10.3 Å². The highest BCUT2D eigenvalue weighted by Crippen LogP contribution is 2.13. The van der Waals surface area contributed by atoms with Crippen molar-refractivity contribution in [3.8, 4) is 0 Å². The number of nitrogens with zero attached hydrogens (tertiary/aromatic N) is 1. The maximum Gasteiger partial charge on any atom is 0.354 e. The molecule has 2 rings (SSSR count). The molecule has 0 spiro atoms. The van der Waals surface area contributed by atoms with Crippen LogP contribution in [0.4, 0.5) is 10.1 Å². The number of carbonyl (C=O) groups excluding carboxylic acids is 1. The maximum atomic E-state index is 13.5. The van der Waals surface area contributed by atoms with Crippen LogP contribution >= 0.6 is 0 Å². The van der Waals surface area contributed by atoms with Crippen LogP contribution in [-0.2, 0) is 0 Å². The van der Waals surface area contributed by atoms with Crippen LogP contribution < -0.4 is 5.32 Å². The van der Waals surface area contributed by atoms with Gasteiger partial charge >= 0.3 is 5.97 Å². The lowest BCUT2D eigenvalue weighted by molar-refractivity contribution is 0.0690. The number of nitrogens with one attached hydrogen (secondary N) is 1. The molecule has 102 valence electrons. The summed E-state index contributed by atoms with van der Waals surface area (Å²) >= 11 is 0. The summed E-state index contributed by atoms with van der Waals surface area (Å²) in [4.78, 5) is 26.2. The SMILES string of the molecule is Cc1ccc(F)c(C(=O)Nc2ccc(C(=O)O)nc2)c1. The molecular formula is C14H11FN2O3. The zero-order valence-electron chi connectivity index (χ0n) is 10.6. The normalized spacial score (nSPS) is 10.1. The lowest BCUT2D eigenvalue weighted by atomic mass is 10.1. The lowest BCUT2D eigenvalue weighted by Gasteiger charge is -2.06. The van der Waals surface area contributed by atoms with Gasteiger partial charge in [0.05, 0.1) is 17.4 Å². The minimum Gasteiger partial charge on any atom is -0.477 e. The number of carboxylic acid groups (broad SMARTS) is 1. The molecule has 1 aromatic heterocycles. The molecule has 6 heteroatoms. The Labute approximate surface area is 114 Å². The van der Waals surface area contributed by atoms with Crippen molar-refractivity contribution in [1.29, 1.82) is 0 Å². The number of hydrogen-bond donors (Lipinski definition) is 2. The molecule has 5 nitrogen and oxygen atoms in total. The number of anilines is 1. The van der Waals surface area contributed by atoms with Gasteiger partial charge in [-0.3, -0.25) is 4.79 Å². The Morgan fingerprint density at radius 1 is 1.25 bits per heavy atom. The third-order valence-corrected chi connectivity index (χ3v) is 2.61. The summed E-state index contributed by atoms with van der Waals surface area (Å²) in [6.07, 6.45) is 1.20. The monoisotopic (exact) mass is 274 g/mol. The van der Waals surface area contributed by atoms with Gasteiger partial charge in [-0.2, -0.15) is 0 Å². The molecule has 0 radical (unpaired) electrons. The summed E-state index contributed by atoms with van der Waals surface area (Å²) in [6, 6.07) is 6.86. The number of rotatable bonds is 3. The van der Waals surface area contributed by atoms with Gasteiger partial charge < -0.3 is 10.4 Å². The number of benzene rings is 1. The van der Waals surface area contributed by atoms with Crippen LogP contribution in [0.15, 0.2) is 36.5 Å². The van der Waals surface area contributed by atoms with Gasteiger partial charge in [-0.1, -0.05) is 11.6 Å². The predicted molar refractivity (Wildman–Crippen MR) is 70.3 cm³/mol. The standard InChI is InChI=1S/C14H11FN2O3/c1-8-2-4-11(15)10(6-8)13(18)17-9-3-5-12(14(19)20)16-7-9/h2-7H,1H3,(H,17,18)(H,19,20). The zero-order chi connectivity index (χ0) is 14.7. The van der Waals surface area contributed by atoms with Crippen molar-refractivity contribution in [2.24, 2.45) is 0 Å². The molecule has 2 aromatic rings. The van der Waals surface area contributed by atoms with E-state index in [-0.39, 0.29) is 11.3 Å². The molecule has 0 aliphatic rings. The van der Waals surface area contributed by atoms with Crippen LogP contribution in [0.5, 0.6) is 0 Å². The van der Waals surface area contributed by atoms with Crippen LogP contribution in [0.3, 0.4) is 0 Å². The molecule has 2 N–H and O–H groups in total. The van der Waals surface area contributed by atoms with Crippen molar-refractivity contribution in [2.45, 2.75) is 6.92 Å². The van der Waals surface area contributed by atoms with Crippen LogP contribution in [0.25, 0.3) is 0 Å². The summed E-state index contributed by atoms with van der Waals surface area (Å²) in [5.74, 6) is -2.40. The van der Waals surface area contributed by atoms with E-state index in [9.17, 15) is 14.0 Å². The summed E-state index contributed by atoms with van der Waals surface area (Å²) in [6.45, 7) is 1.75. The molecule has 0 fully saturated rings. The fourth-order valence-electron chi connectivity index (χ4n) is 1.61. The average molecular weight is 274 g/mol. The molecule has 0 bridgehead atoms. The van der Waals surface area contributed by atoms with Gasteiger partial charge in [-0.15, -0.1) is 0 Å². The molecule has 0 atom stereocenters. The van der Waals surface area contributed by atoms with Crippen LogP contribution in [0.1, 0.15) is 26.4 Å². The molecule has 20 heavy (non-hydrogen) atoms. The van der Waals surface area contributed by atoms with E-state index in [0.29, 0.717) is 5.69 Å². The third-order valence-electron chi connectivity index (χ3n) is 2.61. The number of pyridine rings is 1. The number of carboxylic acids is 1. The summed E-state index contributed by atoms with van der Waals surface area (Å²) in [7, 11) is 0. The number of carbonyl (C=O) groups is 2. The third kappa shape index (κ3) is 2.97. The second-order valence-corrected chi connectivity index (χ2v) is 4.17. The first-order chi connectivity index (χ1) is 9.47. The molecule has 1 amide bonds. The quantitative estimate of drug-likeness (QED) is 0.901. The van der Waals surface area contributed by atoms with E-state index in [4.69, 9.17) is 5.11 Å². The van der Waals surface area contributed by atoms with Gasteiger partial charge in [-0.25, -0.2) is 14.2 Å². The largest absolute Gasteiger partial charge is 0.477 e. The summed E-state index contributed by atoms with van der Waals surface area (Å²) < 4.78 is 13.5. The van der Waals surface area contributed by atoms with E-state index in [1.54, 1.807) is 13.0 Å². The highest BCUT2D eigenvalue weighted by Gasteiger charge is 2.12. The maximum absolute atomic E-state index is 13.5. The Balaban J connectivity index is 2.19. The predicted octanol–water partition coefficient (Wildman–Crippen LogP) is 2.48. The van der Waals surface area contributed by atoms with Crippen molar-refractivity contribution < 1.29 is 19.1 Å². The summed E-state index contributed by atoms with van der Waals surface area (Å²) in [5, 5.41) is 11.2. The van der Waals surface area contributed by atoms with Gasteiger partial charge in [0, 0.05) is 0 Å². The number of aromatic carboxylic acids is 1. The molecular weight excluding hydrogens is 263 g/mol. The Morgan fingerprint density at radius 3 is 2.60 bits per heavy atom. The van der Waals surface area contributed by atoms with Gasteiger partial charge in [0.2, 0.25) is 0 Å². The first-order valence-electron chi connectivity index (χ1n) is 5.74. The molecule has 0 aliphatic heterocycles. The van der Waals surface area contributed by atoms with Crippen LogP contribution in [0.2, 0.25) is 0 Å². The van der Waals surface area contributed by atoms with Crippen molar-refractivity contribution >= 4 is 17.6 Å². The first kappa shape index (κ1) is 13.7. The topological polar surface area (TPSA) is 79.3 Å². The number of amides is 1. The second-order valence-electron chi connectivity index (χ2n) is 4.17. The zero-order valence-corrected chi connectivity index (χ0v) is 10.6. The fraction of sp³-hybridized carbons (Fsp3) is 0.0714. The number of halogens is 1. The lowest BCUT2D eigenvalue weighted by Crippen LogP contribution is -2.14. The average Bonchev–Trinajstić information content (AvgIpc) is 2.42. The molecule has 1 aromatic carbocycles. The Morgan fingerprint density at radius 2 is 2.00 bits per heavy atom. The van der Waals surface area contributed by atoms with E-state index in [1.165, 1.54) is 30.5 Å². The van der Waals surface area contributed by atoms with Crippen molar-refractivity contribution in [3.05, 3.63) is 59.2 Å². The van der Waals surface area contributed by atoms with E-state index >= 15 is 0 Å². The van der Waals surface area contributed by atoms with Gasteiger partial charge in [0.1, 0.15) is 11.5 Å². The molecule has 0 saturated carbocycles. The highest BCUT2D eigenvalue weighted by molar-refractivity contribution is 6.04. The second kappa shape index (κ2) is 5.48. The minimum atomic E-state index is -1.16. The smallest absolute Gasteiger partial charge is 0.354 e. The van der Waals surface area contributed by atoms with Crippen molar-refractivity contribution in [2.75, 3.05) is 5.32 Å². The Bertz CT molecular complexity index is 669. The molecule has 0 unspecified atom stereocenters. The van der Waals surface area contributed by atoms with Gasteiger partial charge in [-0.05, 0) is 31.2 Å². The molecule has 1 heterocycles. The fourth-order valence-corrected chi connectivity index (χ4v) is 1.61. The summed E-state index contributed by atoms with van der Waals surface area (Å²) in [5.41, 5.74) is 0.842. The van der Waals surface area contributed by atoms with E-state index in [0.717, 1.165) is 5.56 Å². The number of hydrogen-bond acceptors (Lipinski definition) is 3. The van der Waals surface area contributed by atoms with Gasteiger partial charge in [0.25, 0.3) is 5.91 Å². The van der Waals surface area contributed by atoms with Crippen LogP contribution in [-0.4, -0.2) is 22.0 Å². The number of aryl methyl sites for hydroxylation is 1. The van der Waals surface area contributed by atoms with E-state index < -0.39 is 17.7 Å². The molecule has 0 saturated heterocycles. The van der Waals surface area contributed by atoms with Gasteiger partial charge in [0.15, 0.2) is 0 Å². The number of aromatic nitrogens is 1. The van der Waals surface area contributed by atoms with E-state index in [1.807, 2.05) is 0 Å². The van der Waals surface area contributed by atoms with Crippen molar-refractivity contribution in [1.82, 2.24) is 4.98 Å². The highest BCUT2D eigenvalue weighted by atomic mass is 19.1. The van der Waals surface area contributed by atoms with Crippen LogP contribution in [0, 0.1) is 12.7 Å². The van der Waals surface area contributed by atoms with Crippen molar-refractivity contribution in [3.63, 3.8) is 0 Å². The first-order valence-corrected chi connectivity index (χ1v) is 5.74. The minimum absolute atomic E-state index is 0.0766. The Hall–Kier alpha value is -2.76. The Kier molecular flexibility index (Phi) is 3.74.